The van der Waals surface area contributed by atoms with E-state index in [0.717, 1.165) is 47.6 Å². The zero-order valence-electron chi connectivity index (χ0n) is 15.9. The highest BCUT2D eigenvalue weighted by Gasteiger charge is 2.39. The van der Waals surface area contributed by atoms with Gasteiger partial charge in [-0.25, -0.2) is 8.42 Å². The molecule has 1 heterocycles. The molecular formula is C22H29O2S2+. The lowest BCUT2D eigenvalue weighted by Crippen LogP contribution is -2.26. The fraction of sp³-hybridized carbons (Fsp3) is 0.545. The summed E-state index contributed by atoms with van der Waals surface area (Å²) in [5.74, 6) is 2.30. The molecule has 1 saturated heterocycles. The van der Waals surface area contributed by atoms with Gasteiger partial charge in [-0.15, -0.1) is 0 Å². The number of hydrogen-bond acceptors (Lipinski definition) is 2. The van der Waals surface area contributed by atoms with E-state index < -0.39 is 9.84 Å². The second-order valence-electron chi connectivity index (χ2n) is 7.98. The van der Waals surface area contributed by atoms with Crippen molar-refractivity contribution in [3.8, 4) is 0 Å². The molecule has 1 aliphatic heterocycles. The largest absolute Gasteiger partial charge is 0.223 e. The SMILES string of the molecule is Cc1ccc2c([S+]3CCCC3)c(S(=O)(=O)C3CCCCC3)cc(C)c2c1. The highest BCUT2D eigenvalue weighted by molar-refractivity contribution is 7.98. The van der Waals surface area contributed by atoms with Crippen LogP contribution in [-0.4, -0.2) is 25.2 Å². The van der Waals surface area contributed by atoms with Crippen molar-refractivity contribution in [3.05, 3.63) is 35.4 Å². The van der Waals surface area contributed by atoms with Gasteiger partial charge in [0.1, 0.15) is 16.4 Å². The van der Waals surface area contributed by atoms with Crippen LogP contribution in [0.2, 0.25) is 0 Å². The van der Waals surface area contributed by atoms with Crippen molar-refractivity contribution in [2.75, 3.05) is 11.5 Å². The Morgan fingerprint density at radius 2 is 1.58 bits per heavy atom. The van der Waals surface area contributed by atoms with Crippen LogP contribution in [0, 0.1) is 13.8 Å². The van der Waals surface area contributed by atoms with E-state index in [1.807, 2.05) is 6.07 Å². The molecule has 2 aliphatic rings. The van der Waals surface area contributed by atoms with Gasteiger partial charge in [0.25, 0.3) is 0 Å². The molecule has 1 saturated carbocycles. The molecule has 0 unspecified atom stereocenters. The molecule has 26 heavy (non-hydrogen) atoms. The molecule has 4 heteroatoms. The summed E-state index contributed by atoms with van der Waals surface area (Å²) in [6.45, 7) is 4.19. The van der Waals surface area contributed by atoms with E-state index in [4.69, 9.17) is 0 Å². The van der Waals surface area contributed by atoms with Crippen molar-refractivity contribution in [1.29, 1.82) is 0 Å². The molecule has 2 nitrogen and oxygen atoms in total. The number of sulfone groups is 1. The van der Waals surface area contributed by atoms with E-state index in [1.165, 1.54) is 35.6 Å². The average Bonchev–Trinajstić information content (AvgIpc) is 3.17. The topological polar surface area (TPSA) is 34.1 Å². The van der Waals surface area contributed by atoms with Gasteiger partial charge in [0.2, 0.25) is 0 Å². The highest BCUT2D eigenvalue weighted by atomic mass is 32.2. The Labute approximate surface area is 160 Å². The minimum absolute atomic E-state index is 0.0782. The maximum Gasteiger partial charge on any atom is 0.186 e. The van der Waals surface area contributed by atoms with Crippen molar-refractivity contribution >= 4 is 31.5 Å². The Balaban J connectivity index is 1.96. The molecule has 2 aromatic rings. The van der Waals surface area contributed by atoms with E-state index in [0.29, 0.717) is 4.90 Å². The van der Waals surface area contributed by atoms with Crippen molar-refractivity contribution < 1.29 is 8.42 Å². The zero-order valence-corrected chi connectivity index (χ0v) is 17.5. The molecule has 0 N–H and O–H groups in total. The van der Waals surface area contributed by atoms with Crippen molar-refractivity contribution in [2.24, 2.45) is 0 Å². The number of rotatable bonds is 3. The predicted molar refractivity (Wildman–Crippen MR) is 112 cm³/mol. The molecule has 0 spiro atoms. The van der Waals surface area contributed by atoms with Gasteiger partial charge in [0.05, 0.1) is 5.25 Å². The minimum atomic E-state index is -3.25. The first-order chi connectivity index (χ1) is 12.5. The van der Waals surface area contributed by atoms with Crippen LogP contribution in [-0.2, 0) is 20.7 Å². The lowest BCUT2D eigenvalue weighted by molar-refractivity contribution is 0.483. The molecule has 0 aromatic heterocycles. The third-order valence-corrected chi connectivity index (χ3v) is 11.0. The Bertz CT molecular complexity index is 919. The Morgan fingerprint density at radius 3 is 2.27 bits per heavy atom. The van der Waals surface area contributed by atoms with E-state index in [-0.39, 0.29) is 16.1 Å². The Kier molecular flexibility index (Phi) is 5.08. The summed E-state index contributed by atoms with van der Waals surface area (Å²) >= 11 is 0. The smallest absolute Gasteiger partial charge is 0.186 e. The highest BCUT2D eigenvalue weighted by Crippen LogP contribution is 2.40. The molecule has 0 bridgehead atoms. The minimum Gasteiger partial charge on any atom is -0.223 e. The van der Waals surface area contributed by atoms with Crippen LogP contribution in [0.25, 0.3) is 10.8 Å². The summed E-state index contributed by atoms with van der Waals surface area (Å²) in [5.41, 5.74) is 2.34. The maximum absolute atomic E-state index is 13.6. The maximum atomic E-state index is 13.6. The van der Waals surface area contributed by atoms with Crippen molar-refractivity contribution in [2.45, 2.75) is 73.8 Å². The van der Waals surface area contributed by atoms with Crippen LogP contribution in [0.1, 0.15) is 56.1 Å². The quantitative estimate of drug-likeness (QED) is 0.665. The van der Waals surface area contributed by atoms with E-state index in [2.05, 4.69) is 32.0 Å². The molecule has 2 fully saturated rings. The first-order valence-corrected chi connectivity index (χ1v) is 13.0. The van der Waals surface area contributed by atoms with Crippen LogP contribution in [0.5, 0.6) is 0 Å². The Hall–Kier alpha value is -1.00. The second-order valence-corrected chi connectivity index (χ2v) is 12.4. The molecule has 1 aliphatic carbocycles. The third kappa shape index (κ3) is 3.20. The summed E-state index contributed by atoms with van der Waals surface area (Å²) in [6.07, 6.45) is 7.41. The molecule has 2 aromatic carbocycles. The summed E-state index contributed by atoms with van der Waals surface area (Å²) in [7, 11) is -3.17. The fourth-order valence-electron chi connectivity index (χ4n) is 4.58. The van der Waals surface area contributed by atoms with Crippen LogP contribution in [0.4, 0.5) is 0 Å². The van der Waals surface area contributed by atoms with Crippen LogP contribution >= 0.6 is 0 Å². The Morgan fingerprint density at radius 1 is 0.885 bits per heavy atom. The number of aryl methyl sites for hydroxylation is 2. The molecule has 4 rings (SSSR count). The number of hydrogen-bond donors (Lipinski definition) is 0. The van der Waals surface area contributed by atoms with Gasteiger partial charge in [-0.2, -0.15) is 0 Å². The normalized spacial score (nSPS) is 20.1. The number of fused-ring (bicyclic) bond motifs is 1. The molecular weight excluding hydrogens is 360 g/mol. The summed E-state index contributed by atoms with van der Waals surface area (Å²) < 4.78 is 27.3. The average molecular weight is 390 g/mol. The lowest BCUT2D eigenvalue weighted by Gasteiger charge is -2.23. The van der Waals surface area contributed by atoms with E-state index in [9.17, 15) is 8.42 Å². The monoisotopic (exact) mass is 389 g/mol. The van der Waals surface area contributed by atoms with Gasteiger partial charge in [-0.05, 0) is 62.6 Å². The van der Waals surface area contributed by atoms with Crippen molar-refractivity contribution in [3.63, 3.8) is 0 Å². The molecule has 0 radical (unpaired) electrons. The van der Waals surface area contributed by atoms with Crippen LogP contribution in [0.3, 0.4) is 0 Å². The van der Waals surface area contributed by atoms with Gasteiger partial charge >= 0.3 is 0 Å². The van der Waals surface area contributed by atoms with Gasteiger partial charge in [-0.3, -0.25) is 0 Å². The molecule has 0 amide bonds. The van der Waals surface area contributed by atoms with E-state index in [1.54, 1.807) is 0 Å². The summed E-state index contributed by atoms with van der Waals surface area (Å²) in [6, 6.07) is 8.55. The van der Waals surface area contributed by atoms with Crippen LogP contribution < -0.4 is 0 Å². The van der Waals surface area contributed by atoms with Crippen molar-refractivity contribution in [1.82, 2.24) is 0 Å². The second kappa shape index (κ2) is 7.20. The summed E-state index contributed by atoms with van der Waals surface area (Å²) in [4.78, 5) is 1.83. The van der Waals surface area contributed by atoms with Crippen LogP contribution in [0.15, 0.2) is 34.1 Å². The predicted octanol–water partition coefficient (Wildman–Crippen LogP) is 5.33. The zero-order chi connectivity index (χ0) is 18.3. The number of benzene rings is 2. The third-order valence-electron chi connectivity index (χ3n) is 6.03. The van der Waals surface area contributed by atoms with Gasteiger partial charge in [-0.1, -0.05) is 37.0 Å². The molecule has 140 valence electrons. The molecule has 0 atom stereocenters. The van der Waals surface area contributed by atoms with Gasteiger partial charge in [0, 0.05) is 16.3 Å². The first-order valence-electron chi connectivity index (χ1n) is 9.94. The van der Waals surface area contributed by atoms with Gasteiger partial charge in [0.15, 0.2) is 14.7 Å². The standard InChI is InChI=1S/C22H29O2S2/c1-16-10-11-19-20(14-16)17(2)15-21(22(19)25-12-6-7-13-25)26(23,24)18-8-4-3-5-9-18/h10-11,14-15,18H,3-9,12-13H2,1-2H3/q+1. The van der Waals surface area contributed by atoms with E-state index >= 15 is 0 Å². The summed E-state index contributed by atoms with van der Waals surface area (Å²) in [5, 5.41) is 2.25. The first kappa shape index (κ1) is 18.4. The van der Waals surface area contributed by atoms with Gasteiger partial charge < -0.3 is 0 Å². The lowest BCUT2D eigenvalue weighted by atomic mass is 10.0. The fourth-order valence-corrected chi connectivity index (χ4v) is 9.85.